The molecule has 1 aliphatic rings. The standard InChI is InChI=1S/C18H22N2O4S2/c1-24-13-14-5-2-7-16(11-14)19-18(21)15-6-3-9-20(12-15)26(22,23)17-8-4-10-25-17/h2,4-5,7-8,10-11,15H,3,6,9,12-13H2,1H3,(H,19,21)/t15-/m0/s1. The summed E-state index contributed by atoms with van der Waals surface area (Å²) in [6.07, 6.45) is 1.35. The molecule has 0 saturated carbocycles. The zero-order valence-corrected chi connectivity index (χ0v) is 16.2. The third-order valence-corrected chi connectivity index (χ3v) is 7.59. The zero-order valence-electron chi connectivity index (χ0n) is 14.6. The van der Waals surface area contributed by atoms with E-state index in [9.17, 15) is 13.2 Å². The molecule has 0 bridgehead atoms. The molecule has 2 aromatic rings. The Morgan fingerprint density at radius 1 is 1.35 bits per heavy atom. The Kier molecular flexibility index (Phi) is 6.08. The minimum atomic E-state index is -3.52. The molecular formula is C18H22N2O4S2. The molecule has 1 aromatic heterocycles. The van der Waals surface area contributed by atoms with Gasteiger partial charge in [0.15, 0.2) is 0 Å². The first kappa shape index (κ1) is 19.0. The number of benzene rings is 1. The van der Waals surface area contributed by atoms with Crippen LogP contribution in [0.2, 0.25) is 0 Å². The van der Waals surface area contributed by atoms with Gasteiger partial charge in [0.25, 0.3) is 10.0 Å². The van der Waals surface area contributed by atoms with Gasteiger partial charge in [-0.15, -0.1) is 11.3 Å². The Hall–Kier alpha value is -1.74. The molecule has 0 aliphatic carbocycles. The third kappa shape index (κ3) is 4.32. The Morgan fingerprint density at radius 2 is 2.19 bits per heavy atom. The van der Waals surface area contributed by atoms with Crippen molar-refractivity contribution < 1.29 is 17.9 Å². The van der Waals surface area contributed by atoms with E-state index in [0.29, 0.717) is 35.9 Å². The highest BCUT2D eigenvalue weighted by molar-refractivity contribution is 7.91. The number of thiophene rings is 1. The van der Waals surface area contributed by atoms with Crippen molar-refractivity contribution in [3.8, 4) is 0 Å². The van der Waals surface area contributed by atoms with Gasteiger partial charge in [-0.25, -0.2) is 8.42 Å². The van der Waals surface area contributed by atoms with Crippen LogP contribution in [0.25, 0.3) is 0 Å². The van der Waals surface area contributed by atoms with Crippen LogP contribution in [-0.2, 0) is 26.2 Å². The Balaban J connectivity index is 1.67. The summed E-state index contributed by atoms with van der Waals surface area (Å²) < 4.78 is 32.2. The average Bonchev–Trinajstić information content (AvgIpc) is 3.18. The van der Waals surface area contributed by atoms with Gasteiger partial charge in [-0.05, 0) is 42.0 Å². The van der Waals surface area contributed by atoms with E-state index in [0.717, 1.165) is 5.56 Å². The number of carbonyl (C=O) groups is 1. The number of amides is 1. The molecule has 1 saturated heterocycles. The minimum absolute atomic E-state index is 0.148. The highest BCUT2D eigenvalue weighted by Gasteiger charge is 2.33. The lowest BCUT2D eigenvalue weighted by Gasteiger charge is -2.30. The molecular weight excluding hydrogens is 372 g/mol. The van der Waals surface area contributed by atoms with E-state index in [1.54, 1.807) is 24.6 Å². The van der Waals surface area contributed by atoms with Gasteiger partial charge in [-0.3, -0.25) is 4.79 Å². The van der Waals surface area contributed by atoms with E-state index < -0.39 is 10.0 Å². The zero-order chi connectivity index (χ0) is 18.6. The molecule has 1 aliphatic heterocycles. The van der Waals surface area contributed by atoms with E-state index >= 15 is 0 Å². The number of carbonyl (C=O) groups excluding carboxylic acids is 1. The molecule has 26 heavy (non-hydrogen) atoms. The smallest absolute Gasteiger partial charge is 0.252 e. The first-order valence-electron chi connectivity index (χ1n) is 8.43. The molecule has 0 unspecified atom stereocenters. The van der Waals surface area contributed by atoms with Crippen molar-refractivity contribution in [3.63, 3.8) is 0 Å². The number of rotatable bonds is 6. The maximum atomic E-state index is 12.7. The molecule has 1 N–H and O–H groups in total. The summed E-state index contributed by atoms with van der Waals surface area (Å²) in [5.74, 6) is -0.504. The number of piperidine rings is 1. The van der Waals surface area contributed by atoms with E-state index in [1.165, 1.54) is 15.6 Å². The lowest BCUT2D eigenvalue weighted by Crippen LogP contribution is -2.43. The lowest BCUT2D eigenvalue weighted by molar-refractivity contribution is -0.120. The summed E-state index contributed by atoms with van der Waals surface area (Å²) >= 11 is 1.20. The summed E-state index contributed by atoms with van der Waals surface area (Å²) in [6, 6.07) is 10.8. The molecule has 3 rings (SSSR count). The maximum Gasteiger partial charge on any atom is 0.252 e. The number of nitrogens with zero attached hydrogens (tertiary/aromatic N) is 1. The van der Waals surface area contributed by atoms with Crippen molar-refractivity contribution in [2.45, 2.75) is 23.7 Å². The molecule has 1 fully saturated rings. The number of hydrogen-bond donors (Lipinski definition) is 1. The molecule has 1 aromatic carbocycles. The second-order valence-electron chi connectivity index (χ2n) is 6.26. The fourth-order valence-corrected chi connectivity index (χ4v) is 5.73. The van der Waals surface area contributed by atoms with Crippen LogP contribution < -0.4 is 5.32 Å². The number of sulfonamides is 1. The van der Waals surface area contributed by atoms with Gasteiger partial charge in [0.05, 0.1) is 12.5 Å². The molecule has 0 radical (unpaired) electrons. The third-order valence-electron chi connectivity index (χ3n) is 4.35. The van der Waals surface area contributed by atoms with Crippen molar-refractivity contribution >= 4 is 33.0 Å². The Bertz CT molecular complexity index is 850. The van der Waals surface area contributed by atoms with Gasteiger partial charge in [-0.1, -0.05) is 18.2 Å². The monoisotopic (exact) mass is 394 g/mol. The van der Waals surface area contributed by atoms with E-state index in [2.05, 4.69) is 5.32 Å². The molecule has 2 heterocycles. The predicted octanol–water partition coefficient (Wildman–Crippen LogP) is 2.93. The SMILES string of the molecule is COCc1cccc(NC(=O)[C@H]2CCCN(S(=O)(=O)c3cccs3)C2)c1. The van der Waals surface area contributed by atoms with Gasteiger partial charge in [-0.2, -0.15) is 4.31 Å². The van der Waals surface area contributed by atoms with E-state index in [4.69, 9.17) is 4.74 Å². The van der Waals surface area contributed by atoms with Crippen LogP contribution in [0.4, 0.5) is 5.69 Å². The highest BCUT2D eigenvalue weighted by Crippen LogP contribution is 2.27. The van der Waals surface area contributed by atoms with Gasteiger partial charge in [0.1, 0.15) is 4.21 Å². The number of anilines is 1. The maximum absolute atomic E-state index is 12.7. The van der Waals surface area contributed by atoms with E-state index in [-0.39, 0.29) is 18.4 Å². The second kappa shape index (κ2) is 8.30. The first-order chi connectivity index (χ1) is 12.5. The second-order valence-corrected chi connectivity index (χ2v) is 9.37. The van der Waals surface area contributed by atoms with Crippen LogP contribution in [0.3, 0.4) is 0 Å². The molecule has 140 valence electrons. The summed E-state index contributed by atoms with van der Waals surface area (Å²) in [6.45, 7) is 1.14. The molecule has 6 nitrogen and oxygen atoms in total. The van der Waals surface area contributed by atoms with Gasteiger partial charge >= 0.3 is 0 Å². The van der Waals surface area contributed by atoms with Gasteiger partial charge in [0, 0.05) is 25.9 Å². The van der Waals surface area contributed by atoms with Crippen molar-refractivity contribution in [3.05, 3.63) is 47.3 Å². The van der Waals surface area contributed by atoms with Gasteiger partial charge in [0.2, 0.25) is 5.91 Å². The van der Waals surface area contributed by atoms with Crippen LogP contribution >= 0.6 is 11.3 Å². The van der Waals surface area contributed by atoms with Crippen LogP contribution in [0.15, 0.2) is 46.0 Å². The number of ether oxygens (including phenoxy) is 1. The van der Waals surface area contributed by atoms with Crippen LogP contribution in [-0.4, -0.2) is 38.8 Å². The topological polar surface area (TPSA) is 75.7 Å². The van der Waals surface area contributed by atoms with Gasteiger partial charge < -0.3 is 10.1 Å². The Morgan fingerprint density at radius 3 is 2.92 bits per heavy atom. The average molecular weight is 395 g/mol. The van der Waals surface area contributed by atoms with Crippen LogP contribution in [0.5, 0.6) is 0 Å². The fraction of sp³-hybridized carbons (Fsp3) is 0.389. The fourth-order valence-electron chi connectivity index (χ4n) is 3.06. The molecule has 1 amide bonds. The van der Waals surface area contributed by atoms with Crippen molar-refractivity contribution in [2.24, 2.45) is 5.92 Å². The molecule has 1 atom stereocenters. The van der Waals surface area contributed by atoms with Crippen molar-refractivity contribution in [1.82, 2.24) is 4.31 Å². The number of hydrogen-bond acceptors (Lipinski definition) is 5. The summed E-state index contributed by atoms with van der Waals surface area (Å²) in [5.41, 5.74) is 1.67. The van der Waals surface area contributed by atoms with Crippen molar-refractivity contribution in [1.29, 1.82) is 0 Å². The van der Waals surface area contributed by atoms with Crippen LogP contribution in [0, 0.1) is 5.92 Å². The summed E-state index contributed by atoms with van der Waals surface area (Å²) in [4.78, 5) is 12.6. The van der Waals surface area contributed by atoms with Crippen molar-refractivity contribution in [2.75, 3.05) is 25.5 Å². The van der Waals surface area contributed by atoms with Crippen LogP contribution in [0.1, 0.15) is 18.4 Å². The highest BCUT2D eigenvalue weighted by atomic mass is 32.2. The molecule has 8 heteroatoms. The minimum Gasteiger partial charge on any atom is -0.380 e. The largest absolute Gasteiger partial charge is 0.380 e. The quantitative estimate of drug-likeness (QED) is 0.817. The van der Waals surface area contributed by atoms with E-state index in [1.807, 2.05) is 24.3 Å². The lowest BCUT2D eigenvalue weighted by atomic mass is 9.98. The molecule has 0 spiro atoms. The first-order valence-corrected chi connectivity index (χ1v) is 10.7. The number of methoxy groups -OCH3 is 1. The normalized spacial score (nSPS) is 18.6. The summed E-state index contributed by atoms with van der Waals surface area (Å²) in [5, 5.41) is 4.65. The Labute approximate surface area is 157 Å². The number of nitrogens with one attached hydrogen (secondary N) is 1. The predicted molar refractivity (Wildman–Crippen MR) is 102 cm³/mol. The summed E-state index contributed by atoms with van der Waals surface area (Å²) in [7, 11) is -1.90.